The molecule has 1 aliphatic rings. The minimum Gasteiger partial charge on any atom is -0.452 e. The quantitative estimate of drug-likeness (QED) is 0.507. The van der Waals surface area contributed by atoms with E-state index in [1.54, 1.807) is 12.1 Å². The van der Waals surface area contributed by atoms with Gasteiger partial charge in [0.2, 0.25) is 0 Å². The molecule has 8 heteroatoms. The van der Waals surface area contributed by atoms with Crippen LogP contribution in [0.3, 0.4) is 0 Å². The van der Waals surface area contributed by atoms with Crippen LogP contribution in [-0.4, -0.2) is 55.9 Å². The van der Waals surface area contributed by atoms with Crippen molar-refractivity contribution in [2.75, 3.05) is 24.7 Å². The Morgan fingerprint density at radius 3 is 2.70 bits per heavy atom. The lowest BCUT2D eigenvalue weighted by Gasteiger charge is -2.27. The molecule has 1 saturated heterocycles. The predicted molar refractivity (Wildman–Crippen MR) is 105 cm³/mol. The Labute approximate surface area is 165 Å². The first-order valence-corrected chi connectivity index (χ1v) is 11.0. The molecular weight excluding hydrogens is 390 g/mol. The van der Waals surface area contributed by atoms with Gasteiger partial charge in [0.05, 0.1) is 11.5 Å². The predicted octanol–water partition coefficient (Wildman–Crippen LogP) is 2.63. The van der Waals surface area contributed by atoms with Gasteiger partial charge in [-0.25, -0.2) is 13.2 Å². The van der Waals surface area contributed by atoms with Crippen LogP contribution in [0.4, 0.5) is 0 Å². The molecule has 0 aromatic heterocycles. The summed E-state index contributed by atoms with van der Waals surface area (Å²) in [7, 11) is -3.09. The monoisotopic (exact) mass is 413 g/mol. The van der Waals surface area contributed by atoms with Crippen molar-refractivity contribution in [3.05, 3.63) is 40.4 Å². The summed E-state index contributed by atoms with van der Waals surface area (Å²) in [5, 5.41) is 0.599. The third-order valence-corrected chi connectivity index (χ3v) is 6.54. The van der Waals surface area contributed by atoms with Crippen LogP contribution in [0.2, 0.25) is 5.02 Å². The zero-order valence-electron chi connectivity index (χ0n) is 15.5. The molecular formula is C19H24ClNO5S. The number of amides is 1. The van der Waals surface area contributed by atoms with Crippen molar-refractivity contribution >= 4 is 39.4 Å². The summed E-state index contributed by atoms with van der Waals surface area (Å²) in [5.74, 6) is -0.956. The van der Waals surface area contributed by atoms with Gasteiger partial charge in [-0.3, -0.25) is 4.79 Å². The maximum Gasteiger partial charge on any atom is 0.331 e. The van der Waals surface area contributed by atoms with Crippen molar-refractivity contribution in [2.45, 2.75) is 32.7 Å². The van der Waals surface area contributed by atoms with Crippen LogP contribution in [-0.2, 0) is 24.2 Å². The number of sulfone groups is 1. The maximum atomic E-state index is 12.4. The van der Waals surface area contributed by atoms with Gasteiger partial charge in [-0.2, -0.15) is 0 Å². The van der Waals surface area contributed by atoms with Gasteiger partial charge in [-0.05, 0) is 43.0 Å². The molecule has 2 rings (SSSR count). The van der Waals surface area contributed by atoms with Crippen LogP contribution in [0.25, 0.3) is 6.08 Å². The Hall–Kier alpha value is -1.86. The third-order valence-electron chi connectivity index (χ3n) is 4.38. The van der Waals surface area contributed by atoms with Gasteiger partial charge in [-0.1, -0.05) is 30.7 Å². The molecule has 0 saturated carbocycles. The van der Waals surface area contributed by atoms with Gasteiger partial charge in [0.1, 0.15) is 0 Å². The van der Waals surface area contributed by atoms with E-state index in [1.165, 1.54) is 11.0 Å². The molecule has 0 radical (unpaired) electrons. The SMILES string of the molecule is CCCN(C(=O)COC(=O)/C=C/c1ccc(C)c(Cl)c1)[C@H]1CCS(=O)(=O)C1. The summed E-state index contributed by atoms with van der Waals surface area (Å²) in [5.41, 5.74) is 1.68. The first-order chi connectivity index (χ1) is 12.7. The molecule has 0 N–H and O–H groups in total. The van der Waals surface area contributed by atoms with Gasteiger partial charge in [0.25, 0.3) is 5.91 Å². The van der Waals surface area contributed by atoms with Crippen LogP contribution >= 0.6 is 11.6 Å². The molecule has 1 amide bonds. The van der Waals surface area contributed by atoms with Crippen molar-refractivity contribution in [3.63, 3.8) is 0 Å². The van der Waals surface area contributed by atoms with E-state index in [1.807, 2.05) is 26.0 Å². The summed E-state index contributed by atoms with van der Waals surface area (Å²) in [6.45, 7) is 3.82. The number of esters is 1. The summed E-state index contributed by atoms with van der Waals surface area (Å²) in [4.78, 5) is 25.8. The van der Waals surface area contributed by atoms with Gasteiger partial charge >= 0.3 is 5.97 Å². The van der Waals surface area contributed by atoms with Crippen molar-refractivity contribution in [1.29, 1.82) is 0 Å². The molecule has 1 atom stereocenters. The highest BCUT2D eigenvalue weighted by Crippen LogP contribution is 2.19. The van der Waals surface area contributed by atoms with E-state index in [0.29, 0.717) is 24.4 Å². The lowest BCUT2D eigenvalue weighted by Crippen LogP contribution is -2.43. The van der Waals surface area contributed by atoms with Crippen LogP contribution in [0.1, 0.15) is 30.9 Å². The molecule has 6 nitrogen and oxygen atoms in total. The second kappa shape index (κ2) is 9.37. The second-order valence-corrected chi connectivity index (χ2v) is 9.23. The topological polar surface area (TPSA) is 80.8 Å². The zero-order chi connectivity index (χ0) is 20.0. The fourth-order valence-electron chi connectivity index (χ4n) is 2.91. The lowest BCUT2D eigenvalue weighted by atomic mass is 10.1. The Morgan fingerprint density at radius 2 is 2.11 bits per heavy atom. The van der Waals surface area contributed by atoms with Crippen molar-refractivity contribution in [2.24, 2.45) is 0 Å². The number of carbonyl (C=O) groups is 2. The molecule has 1 fully saturated rings. The maximum absolute atomic E-state index is 12.4. The van der Waals surface area contributed by atoms with Gasteiger partial charge < -0.3 is 9.64 Å². The molecule has 1 aliphatic heterocycles. The van der Waals surface area contributed by atoms with E-state index in [0.717, 1.165) is 11.1 Å². The molecule has 1 aromatic rings. The fraction of sp³-hybridized carbons (Fsp3) is 0.474. The fourth-order valence-corrected chi connectivity index (χ4v) is 4.83. The van der Waals surface area contributed by atoms with Crippen molar-refractivity contribution in [1.82, 2.24) is 4.90 Å². The standard InChI is InChI=1S/C19H24ClNO5S/c1-3-9-21(16-8-10-27(24,25)13-16)18(22)12-26-19(23)7-6-15-5-4-14(2)17(20)11-15/h4-7,11,16H,3,8-10,12-13H2,1-2H3/b7-6+/t16-/m0/s1. The van der Waals surface area contributed by atoms with Gasteiger partial charge in [0.15, 0.2) is 16.4 Å². The van der Waals surface area contributed by atoms with Crippen molar-refractivity contribution < 1.29 is 22.7 Å². The number of benzene rings is 1. The Bertz CT molecular complexity index is 835. The highest BCUT2D eigenvalue weighted by Gasteiger charge is 2.34. The number of hydrogen-bond donors (Lipinski definition) is 0. The molecule has 0 aliphatic carbocycles. The van der Waals surface area contributed by atoms with E-state index in [2.05, 4.69) is 0 Å². The highest BCUT2D eigenvalue weighted by atomic mass is 35.5. The average Bonchev–Trinajstić information content (AvgIpc) is 2.98. The van der Waals surface area contributed by atoms with Crippen LogP contribution in [0.15, 0.2) is 24.3 Å². The number of rotatable bonds is 7. The smallest absolute Gasteiger partial charge is 0.331 e. The number of ether oxygens (including phenoxy) is 1. The number of aryl methyl sites for hydroxylation is 1. The minimum atomic E-state index is -3.09. The molecule has 148 valence electrons. The number of nitrogens with zero attached hydrogens (tertiary/aromatic N) is 1. The molecule has 0 bridgehead atoms. The summed E-state index contributed by atoms with van der Waals surface area (Å²) in [6, 6.07) is 5.05. The molecule has 1 aromatic carbocycles. The normalized spacial score (nSPS) is 18.6. The minimum absolute atomic E-state index is 0.0270. The van der Waals surface area contributed by atoms with E-state index in [4.69, 9.17) is 16.3 Å². The Kier molecular flexibility index (Phi) is 7.44. The number of hydrogen-bond acceptors (Lipinski definition) is 5. The van der Waals surface area contributed by atoms with Crippen molar-refractivity contribution in [3.8, 4) is 0 Å². The van der Waals surface area contributed by atoms with E-state index in [-0.39, 0.29) is 23.5 Å². The molecule has 0 spiro atoms. The Balaban J connectivity index is 1.91. The van der Waals surface area contributed by atoms with Crippen LogP contribution in [0.5, 0.6) is 0 Å². The number of halogens is 1. The first-order valence-electron chi connectivity index (χ1n) is 8.82. The Morgan fingerprint density at radius 1 is 1.37 bits per heavy atom. The van der Waals surface area contributed by atoms with E-state index >= 15 is 0 Å². The zero-order valence-corrected chi connectivity index (χ0v) is 17.1. The van der Waals surface area contributed by atoms with E-state index < -0.39 is 22.4 Å². The van der Waals surface area contributed by atoms with Gasteiger partial charge in [-0.15, -0.1) is 0 Å². The molecule has 27 heavy (non-hydrogen) atoms. The lowest BCUT2D eigenvalue weighted by molar-refractivity contribution is -0.149. The van der Waals surface area contributed by atoms with Crippen LogP contribution < -0.4 is 0 Å². The summed E-state index contributed by atoms with van der Waals surface area (Å²) in [6.07, 6.45) is 3.92. The van der Waals surface area contributed by atoms with Crippen LogP contribution in [0, 0.1) is 6.92 Å². The summed E-state index contributed by atoms with van der Waals surface area (Å²) < 4.78 is 28.3. The number of carbonyl (C=O) groups excluding carboxylic acids is 2. The summed E-state index contributed by atoms with van der Waals surface area (Å²) >= 11 is 6.04. The third kappa shape index (κ3) is 6.36. The second-order valence-electron chi connectivity index (χ2n) is 6.59. The first kappa shape index (κ1) is 21.4. The highest BCUT2D eigenvalue weighted by molar-refractivity contribution is 7.91. The molecule has 0 unspecified atom stereocenters. The van der Waals surface area contributed by atoms with E-state index in [9.17, 15) is 18.0 Å². The largest absolute Gasteiger partial charge is 0.452 e. The average molecular weight is 414 g/mol. The molecule has 1 heterocycles. The van der Waals surface area contributed by atoms with Gasteiger partial charge in [0, 0.05) is 23.7 Å².